The molecule has 58 heavy (non-hydrogen) atoms. The summed E-state index contributed by atoms with van der Waals surface area (Å²) < 4.78 is 32.0. The number of Topliss-reactive ketones (excluding diaryl/α,β-unsaturated/α-hetero) is 2. The Hall–Kier alpha value is -4.75. The van der Waals surface area contributed by atoms with Gasteiger partial charge in [0.15, 0.2) is 25.5 Å². The molecule has 11 nitrogen and oxygen atoms in total. The maximum Gasteiger partial charge on any atom is 0.265 e. The monoisotopic (exact) mass is 805 g/mol. The number of aliphatic hydroxyl groups excluding tert-OH is 1. The van der Waals surface area contributed by atoms with Crippen LogP contribution in [0.15, 0.2) is 82.6 Å². The fourth-order valence-corrected chi connectivity index (χ4v) is 10.8. The molecule has 8 rings (SSSR count). The van der Waals surface area contributed by atoms with Crippen LogP contribution in [0.3, 0.4) is 0 Å². The van der Waals surface area contributed by atoms with E-state index in [1.54, 1.807) is 7.11 Å². The second kappa shape index (κ2) is 15.1. The fraction of sp³-hybridized carbons (Fsp3) is 0.457. The molecule has 12 heteroatoms. The minimum atomic E-state index is -2.89. The van der Waals surface area contributed by atoms with Crippen molar-refractivity contribution in [2.45, 2.75) is 102 Å². The molecule has 4 aliphatic rings. The summed E-state index contributed by atoms with van der Waals surface area (Å²) in [6, 6.07) is 20.5. The molecule has 1 unspecified atom stereocenters. The summed E-state index contributed by atoms with van der Waals surface area (Å²) in [5.74, 6) is -1.43. The molecule has 5 atom stereocenters. The van der Waals surface area contributed by atoms with E-state index in [9.17, 15) is 5.11 Å². The zero-order chi connectivity index (χ0) is 41.1. The first-order chi connectivity index (χ1) is 27.7. The third kappa shape index (κ3) is 6.49. The summed E-state index contributed by atoms with van der Waals surface area (Å²) in [5.41, 5.74) is 9.20. The molecule has 3 aliphatic carbocycles. The zero-order valence-electron chi connectivity index (χ0n) is 34.6. The van der Waals surface area contributed by atoms with Crippen molar-refractivity contribution in [1.82, 2.24) is 10.1 Å². The van der Waals surface area contributed by atoms with Gasteiger partial charge in [0.2, 0.25) is 5.78 Å². The van der Waals surface area contributed by atoms with Crippen LogP contribution in [-0.2, 0) is 24.1 Å². The molecule has 0 bridgehead atoms. The Bertz CT molecular complexity index is 2250. The number of allylic oxidation sites excluding steroid dienone is 1. The average molecular weight is 806 g/mol. The molecule has 2 heterocycles. The summed E-state index contributed by atoms with van der Waals surface area (Å²) in [6.45, 7) is 14.6. The first-order valence-corrected chi connectivity index (χ1v) is 23.4. The van der Waals surface area contributed by atoms with Crippen molar-refractivity contribution in [3.63, 3.8) is 0 Å². The van der Waals surface area contributed by atoms with E-state index in [1.165, 1.54) is 0 Å². The molecule has 4 aromatic rings. The number of carbonyl (C=O) groups is 2. The van der Waals surface area contributed by atoms with Crippen LogP contribution in [0.2, 0.25) is 18.1 Å². The molecule has 0 spiro atoms. The average Bonchev–Trinajstić information content (AvgIpc) is 3.87. The quantitative estimate of drug-likeness (QED) is 0.140. The van der Waals surface area contributed by atoms with Gasteiger partial charge in [-0.1, -0.05) is 88.4 Å². The number of methoxy groups -OCH3 is 1. The van der Waals surface area contributed by atoms with Crippen LogP contribution in [0, 0.1) is 11.8 Å². The van der Waals surface area contributed by atoms with Crippen molar-refractivity contribution in [3.05, 3.63) is 117 Å². The Morgan fingerprint density at radius 1 is 1.00 bits per heavy atom. The summed E-state index contributed by atoms with van der Waals surface area (Å²) in [5, 5.41) is 16.8. The highest BCUT2D eigenvalue weighted by Crippen LogP contribution is 2.59. The molecule has 0 radical (unpaired) electrons. The first kappa shape index (κ1) is 40.0. The van der Waals surface area contributed by atoms with Gasteiger partial charge in [0.25, 0.3) is 5.88 Å². The lowest BCUT2D eigenvalue weighted by Gasteiger charge is -2.53. The number of hydrogen-bond acceptors (Lipinski definition) is 11. The Morgan fingerprint density at radius 3 is 2.28 bits per heavy atom. The van der Waals surface area contributed by atoms with Crippen molar-refractivity contribution >= 4 is 19.9 Å². The van der Waals surface area contributed by atoms with Gasteiger partial charge in [-0.05, 0) is 85.2 Å². The second-order valence-corrected chi connectivity index (χ2v) is 22.4. The fourth-order valence-electron chi connectivity index (χ4n) is 9.39. The van der Waals surface area contributed by atoms with E-state index < -0.39 is 49.1 Å². The van der Waals surface area contributed by atoms with Gasteiger partial charge >= 0.3 is 0 Å². The first-order valence-electron chi connectivity index (χ1n) is 20.5. The lowest BCUT2D eigenvalue weighted by molar-refractivity contribution is -0.0273. The van der Waals surface area contributed by atoms with Crippen molar-refractivity contribution in [2.75, 3.05) is 20.2 Å². The molecule has 0 amide bonds. The molecule has 1 saturated heterocycles. The smallest absolute Gasteiger partial charge is 0.265 e. The lowest BCUT2D eigenvalue weighted by atomic mass is 9.59. The molecule has 3 N–H and O–H groups in total. The third-order valence-electron chi connectivity index (χ3n) is 13.4. The van der Waals surface area contributed by atoms with Gasteiger partial charge in [-0.25, -0.2) is 0 Å². The van der Waals surface area contributed by atoms with Crippen LogP contribution >= 0.6 is 0 Å². The molecule has 1 aromatic heterocycles. The predicted molar refractivity (Wildman–Crippen MR) is 222 cm³/mol. The van der Waals surface area contributed by atoms with E-state index in [0.29, 0.717) is 23.5 Å². The number of nitrogens with two attached hydrogens (primary N) is 1. The SMILES string of the molecule is CCN1CCC[C@H]1c1cc(OCc2ccccc2)c2c(c1OC)C[C@H]1C[C@H]3[C@H](N)c4onc(OCc5ccccc5)c4C(=O)C3(O[Si](C)(C)C(C)(C)C)C(O)=C1C2=O. The number of rotatable bonds is 11. The van der Waals surface area contributed by atoms with Crippen LogP contribution < -0.4 is 19.9 Å². The minimum Gasteiger partial charge on any atom is -0.508 e. The number of benzene rings is 3. The van der Waals surface area contributed by atoms with Gasteiger partial charge in [0.1, 0.15) is 36.0 Å². The lowest BCUT2D eigenvalue weighted by Crippen LogP contribution is -2.64. The van der Waals surface area contributed by atoms with E-state index in [4.69, 9.17) is 28.9 Å². The maximum absolute atomic E-state index is 15.4. The van der Waals surface area contributed by atoms with E-state index in [0.717, 1.165) is 48.2 Å². The van der Waals surface area contributed by atoms with Crippen LogP contribution in [0.4, 0.5) is 0 Å². The Kier molecular flexibility index (Phi) is 10.4. The Morgan fingerprint density at radius 2 is 1.66 bits per heavy atom. The third-order valence-corrected chi connectivity index (χ3v) is 17.8. The molecule has 0 saturated carbocycles. The van der Waals surface area contributed by atoms with Crippen LogP contribution in [-0.4, -0.2) is 60.8 Å². The zero-order valence-corrected chi connectivity index (χ0v) is 35.6. The largest absolute Gasteiger partial charge is 0.508 e. The topological polar surface area (TPSA) is 147 Å². The van der Waals surface area contributed by atoms with Gasteiger partial charge in [0.05, 0.1) is 18.7 Å². The number of nitrogens with zero attached hydrogens (tertiary/aromatic N) is 2. The van der Waals surface area contributed by atoms with Gasteiger partial charge in [-0.3, -0.25) is 14.5 Å². The Balaban J connectivity index is 1.30. The number of aromatic nitrogens is 1. The number of aliphatic hydroxyl groups is 1. The van der Waals surface area contributed by atoms with Crippen molar-refractivity contribution in [3.8, 4) is 17.4 Å². The van der Waals surface area contributed by atoms with E-state index in [-0.39, 0.29) is 53.5 Å². The molecule has 3 aromatic carbocycles. The van der Waals surface area contributed by atoms with Crippen molar-refractivity contribution < 1.29 is 37.9 Å². The number of ketones is 2. The summed E-state index contributed by atoms with van der Waals surface area (Å²) in [7, 11) is -1.24. The number of carbonyl (C=O) groups excluding carboxylic acids is 2. The second-order valence-electron chi connectivity index (χ2n) is 17.7. The van der Waals surface area contributed by atoms with Gasteiger partial charge in [0, 0.05) is 28.7 Å². The van der Waals surface area contributed by atoms with Crippen molar-refractivity contribution in [2.24, 2.45) is 17.6 Å². The van der Waals surface area contributed by atoms with Crippen LogP contribution in [0.5, 0.6) is 17.4 Å². The van der Waals surface area contributed by atoms with Crippen LogP contribution in [0.25, 0.3) is 0 Å². The highest BCUT2D eigenvalue weighted by molar-refractivity contribution is 6.74. The van der Waals surface area contributed by atoms with Gasteiger partial charge in [-0.15, -0.1) is 0 Å². The van der Waals surface area contributed by atoms with E-state index in [2.05, 4.69) is 37.8 Å². The predicted octanol–water partition coefficient (Wildman–Crippen LogP) is 8.84. The van der Waals surface area contributed by atoms with Gasteiger partial charge < -0.3 is 34.0 Å². The number of ether oxygens (including phenoxy) is 3. The molecule has 1 aliphatic heterocycles. The number of fused-ring (bicyclic) bond motifs is 4. The highest BCUT2D eigenvalue weighted by Gasteiger charge is 2.66. The molecule has 306 valence electrons. The van der Waals surface area contributed by atoms with Gasteiger partial charge in [-0.2, -0.15) is 0 Å². The Labute approximate surface area is 341 Å². The molecular weight excluding hydrogens is 751 g/mol. The minimum absolute atomic E-state index is 0.0295. The van der Waals surface area contributed by atoms with Crippen LogP contribution in [0.1, 0.15) is 108 Å². The number of hydrogen-bond donors (Lipinski definition) is 2. The maximum atomic E-state index is 15.4. The standard InChI is InChI=1S/C46H55N3O8Si/c1-8-49-21-15-20-33(49)30-24-34(54-25-27-16-11-9-12-17-27)36-31(40(30)53-5)22-29-23-32-38(47)41-37(44(48-56-41)55-26-28-18-13-10-14-19-28)43(52)46(32,42(51)35(29)39(36)50)57-58(6,7)45(2,3)4/h9-14,16-19,24,29,32-33,38,51H,8,15,20-23,25-26,47H2,1-7H3/t29-,32-,33-,38-,46?/m0/s1. The highest BCUT2D eigenvalue weighted by atomic mass is 28.4. The normalized spacial score (nSPS) is 24.6. The summed E-state index contributed by atoms with van der Waals surface area (Å²) >= 11 is 0. The van der Waals surface area contributed by atoms with Crippen molar-refractivity contribution in [1.29, 1.82) is 0 Å². The molecular formula is C46H55N3O8Si. The van der Waals surface area contributed by atoms with E-state index >= 15 is 9.59 Å². The summed E-state index contributed by atoms with van der Waals surface area (Å²) in [4.78, 5) is 33.3. The summed E-state index contributed by atoms with van der Waals surface area (Å²) in [6.07, 6.45) is 2.63. The number of likely N-dealkylation sites (tertiary alicyclic amines) is 1. The van der Waals surface area contributed by atoms with E-state index in [1.807, 2.05) is 79.8 Å². The molecule has 1 fully saturated rings.